The molecule has 16 heavy (non-hydrogen) atoms. The number of nitrogens with two attached hydrogens (primary N) is 1. The van der Waals surface area contributed by atoms with Crippen LogP contribution in [-0.4, -0.2) is 9.55 Å². The van der Waals surface area contributed by atoms with Crippen molar-refractivity contribution < 1.29 is 0 Å². The molecule has 0 amide bonds. The molecule has 0 saturated heterocycles. The van der Waals surface area contributed by atoms with Gasteiger partial charge in [-0.1, -0.05) is 29.8 Å². The number of benzene rings is 1. The van der Waals surface area contributed by atoms with Crippen LogP contribution in [0.5, 0.6) is 0 Å². The number of hydrogen-bond donors (Lipinski definition) is 1. The SMILES string of the molecule is CC(c1ccccc1Cl)n1cncc1CN. The van der Waals surface area contributed by atoms with Gasteiger partial charge in [-0.2, -0.15) is 0 Å². The van der Waals surface area contributed by atoms with Gasteiger partial charge in [-0.15, -0.1) is 0 Å². The van der Waals surface area contributed by atoms with Gasteiger partial charge in [0.15, 0.2) is 0 Å². The van der Waals surface area contributed by atoms with E-state index < -0.39 is 0 Å². The second-order valence-corrected chi connectivity index (χ2v) is 4.10. The molecule has 0 aliphatic carbocycles. The third-order valence-electron chi connectivity index (χ3n) is 2.73. The van der Waals surface area contributed by atoms with Crippen LogP contribution in [0.25, 0.3) is 0 Å². The predicted molar refractivity (Wildman–Crippen MR) is 65.4 cm³/mol. The van der Waals surface area contributed by atoms with Crippen LogP contribution in [0.1, 0.15) is 24.2 Å². The first-order valence-electron chi connectivity index (χ1n) is 5.19. The average Bonchev–Trinajstić information content (AvgIpc) is 2.77. The number of nitrogens with zero attached hydrogens (tertiary/aromatic N) is 2. The molecule has 0 bridgehead atoms. The van der Waals surface area contributed by atoms with Gasteiger partial charge in [-0.05, 0) is 18.6 Å². The van der Waals surface area contributed by atoms with Crippen molar-refractivity contribution in [2.75, 3.05) is 0 Å². The molecule has 3 nitrogen and oxygen atoms in total. The molecule has 0 spiro atoms. The standard InChI is InChI=1S/C12H14ClN3/c1-9(11-4-2-3-5-12(11)13)16-8-15-7-10(16)6-14/h2-5,7-9H,6,14H2,1H3. The second-order valence-electron chi connectivity index (χ2n) is 3.69. The maximum atomic E-state index is 6.17. The smallest absolute Gasteiger partial charge is 0.0954 e. The van der Waals surface area contributed by atoms with Crippen LogP contribution in [0, 0.1) is 0 Å². The summed E-state index contributed by atoms with van der Waals surface area (Å²) in [4.78, 5) is 4.11. The molecule has 84 valence electrons. The van der Waals surface area contributed by atoms with Gasteiger partial charge >= 0.3 is 0 Å². The molecule has 2 aromatic rings. The molecule has 2 N–H and O–H groups in total. The lowest BCUT2D eigenvalue weighted by molar-refractivity contribution is 0.609. The van der Waals surface area contributed by atoms with Gasteiger partial charge in [0.2, 0.25) is 0 Å². The van der Waals surface area contributed by atoms with Gasteiger partial charge in [0.1, 0.15) is 0 Å². The van der Waals surface area contributed by atoms with E-state index in [1.54, 1.807) is 12.5 Å². The zero-order valence-electron chi connectivity index (χ0n) is 9.10. The van der Waals surface area contributed by atoms with E-state index in [4.69, 9.17) is 17.3 Å². The van der Waals surface area contributed by atoms with Crippen LogP contribution in [0.2, 0.25) is 5.02 Å². The Labute approximate surface area is 99.9 Å². The Balaban J connectivity index is 2.39. The number of aromatic nitrogens is 2. The van der Waals surface area contributed by atoms with E-state index in [-0.39, 0.29) is 6.04 Å². The molecule has 0 radical (unpaired) electrons. The molecule has 1 unspecified atom stereocenters. The first kappa shape index (κ1) is 11.2. The molecule has 1 heterocycles. The summed E-state index contributed by atoms with van der Waals surface area (Å²) in [6.07, 6.45) is 3.57. The monoisotopic (exact) mass is 235 g/mol. The van der Waals surface area contributed by atoms with Crippen molar-refractivity contribution in [3.63, 3.8) is 0 Å². The van der Waals surface area contributed by atoms with Crippen molar-refractivity contribution in [2.45, 2.75) is 19.5 Å². The van der Waals surface area contributed by atoms with Gasteiger partial charge in [0, 0.05) is 17.8 Å². The van der Waals surface area contributed by atoms with Crippen molar-refractivity contribution in [3.05, 3.63) is 53.1 Å². The van der Waals surface area contributed by atoms with Crippen molar-refractivity contribution in [1.29, 1.82) is 0 Å². The third-order valence-corrected chi connectivity index (χ3v) is 3.07. The molecule has 4 heteroatoms. The molecule has 2 rings (SSSR count). The summed E-state index contributed by atoms with van der Waals surface area (Å²) in [5, 5.41) is 0.770. The van der Waals surface area contributed by atoms with Gasteiger partial charge in [-0.25, -0.2) is 4.98 Å². The zero-order chi connectivity index (χ0) is 11.5. The predicted octanol–water partition coefficient (Wildman–Crippen LogP) is 2.60. The Kier molecular flexibility index (Phi) is 3.27. The van der Waals surface area contributed by atoms with Crippen LogP contribution in [0.4, 0.5) is 0 Å². The minimum Gasteiger partial charge on any atom is -0.326 e. The summed E-state index contributed by atoms with van der Waals surface area (Å²) in [6, 6.07) is 7.97. The second kappa shape index (κ2) is 4.68. The van der Waals surface area contributed by atoms with E-state index in [9.17, 15) is 0 Å². The average molecular weight is 236 g/mol. The fraction of sp³-hybridized carbons (Fsp3) is 0.250. The molecule has 0 aliphatic rings. The molecular formula is C12H14ClN3. The Hall–Kier alpha value is -1.32. The van der Waals surface area contributed by atoms with Crippen molar-refractivity contribution >= 4 is 11.6 Å². The van der Waals surface area contributed by atoms with Crippen molar-refractivity contribution in [3.8, 4) is 0 Å². The van der Waals surface area contributed by atoms with E-state index in [1.807, 2.05) is 28.8 Å². The zero-order valence-corrected chi connectivity index (χ0v) is 9.85. The van der Waals surface area contributed by atoms with E-state index in [0.717, 1.165) is 16.3 Å². The Morgan fingerprint density at radius 1 is 1.44 bits per heavy atom. The van der Waals surface area contributed by atoms with E-state index in [0.29, 0.717) is 6.54 Å². The molecule has 0 saturated carbocycles. The summed E-state index contributed by atoms with van der Waals surface area (Å²) >= 11 is 6.17. The van der Waals surface area contributed by atoms with Crippen LogP contribution in [0.3, 0.4) is 0 Å². The first-order valence-corrected chi connectivity index (χ1v) is 5.57. The highest BCUT2D eigenvalue weighted by Gasteiger charge is 2.13. The topological polar surface area (TPSA) is 43.8 Å². The lowest BCUT2D eigenvalue weighted by atomic mass is 10.1. The summed E-state index contributed by atoms with van der Waals surface area (Å²) in [5.74, 6) is 0. The fourth-order valence-electron chi connectivity index (χ4n) is 1.80. The normalized spacial score (nSPS) is 12.7. The fourth-order valence-corrected chi connectivity index (χ4v) is 2.10. The quantitative estimate of drug-likeness (QED) is 0.889. The highest BCUT2D eigenvalue weighted by molar-refractivity contribution is 6.31. The van der Waals surface area contributed by atoms with E-state index in [2.05, 4.69) is 11.9 Å². The summed E-state index contributed by atoms with van der Waals surface area (Å²) in [6.45, 7) is 2.57. The molecule has 1 aromatic heterocycles. The maximum Gasteiger partial charge on any atom is 0.0954 e. The van der Waals surface area contributed by atoms with Crippen LogP contribution in [0.15, 0.2) is 36.8 Å². The largest absolute Gasteiger partial charge is 0.326 e. The van der Waals surface area contributed by atoms with Crippen LogP contribution >= 0.6 is 11.6 Å². The summed E-state index contributed by atoms with van der Waals surface area (Å²) < 4.78 is 2.04. The van der Waals surface area contributed by atoms with Crippen LogP contribution in [-0.2, 0) is 6.54 Å². The van der Waals surface area contributed by atoms with Gasteiger partial charge in [-0.3, -0.25) is 0 Å². The Morgan fingerprint density at radius 3 is 2.88 bits per heavy atom. The van der Waals surface area contributed by atoms with E-state index in [1.165, 1.54) is 0 Å². The number of halogens is 1. The van der Waals surface area contributed by atoms with Crippen molar-refractivity contribution in [2.24, 2.45) is 5.73 Å². The lowest BCUT2D eigenvalue weighted by Crippen LogP contribution is -2.12. The molecule has 1 aromatic carbocycles. The highest BCUT2D eigenvalue weighted by atomic mass is 35.5. The number of imidazole rings is 1. The van der Waals surface area contributed by atoms with Crippen molar-refractivity contribution in [1.82, 2.24) is 9.55 Å². The van der Waals surface area contributed by atoms with E-state index >= 15 is 0 Å². The summed E-state index contributed by atoms with van der Waals surface area (Å²) in [5.41, 5.74) is 7.74. The lowest BCUT2D eigenvalue weighted by Gasteiger charge is -2.17. The summed E-state index contributed by atoms with van der Waals surface area (Å²) in [7, 11) is 0. The molecule has 1 atom stereocenters. The van der Waals surface area contributed by atoms with Gasteiger partial charge < -0.3 is 10.3 Å². The van der Waals surface area contributed by atoms with Crippen LogP contribution < -0.4 is 5.73 Å². The Bertz CT molecular complexity index is 479. The first-order chi connectivity index (χ1) is 7.74. The molecule has 0 fully saturated rings. The number of rotatable bonds is 3. The Morgan fingerprint density at radius 2 is 2.19 bits per heavy atom. The highest BCUT2D eigenvalue weighted by Crippen LogP contribution is 2.26. The maximum absolute atomic E-state index is 6.17. The molecule has 0 aliphatic heterocycles. The van der Waals surface area contributed by atoms with Gasteiger partial charge in [0.05, 0.1) is 18.1 Å². The van der Waals surface area contributed by atoms with Gasteiger partial charge in [0.25, 0.3) is 0 Å². The molecular weight excluding hydrogens is 222 g/mol. The minimum absolute atomic E-state index is 0.148. The third kappa shape index (κ3) is 1.96. The minimum atomic E-state index is 0.148. The number of hydrogen-bond acceptors (Lipinski definition) is 2.